The van der Waals surface area contributed by atoms with E-state index in [0.717, 1.165) is 58.6 Å². The number of alkyl halides is 1. The van der Waals surface area contributed by atoms with Crippen molar-refractivity contribution in [3.8, 4) is 10.6 Å². The highest BCUT2D eigenvalue weighted by Crippen LogP contribution is 2.34. The molecule has 3 aromatic rings. The van der Waals surface area contributed by atoms with Gasteiger partial charge in [0.05, 0.1) is 5.52 Å². The van der Waals surface area contributed by atoms with Gasteiger partial charge < -0.3 is 10.2 Å². The number of aryl methyl sites for hydroxylation is 1. The molecule has 2 aromatic heterocycles. The van der Waals surface area contributed by atoms with Gasteiger partial charge in [0.25, 0.3) is 0 Å². The maximum absolute atomic E-state index is 13.2. The molecule has 2 fully saturated rings. The summed E-state index contributed by atoms with van der Waals surface area (Å²) in [5, 5.41) is 17.1. The third kappa shape index (κ3) is 4.29. The highest BCUT2D eigenvalue weighted by molar-refractivity contribution is 7.14. The van der Waals surface area contributed by atoms with E-state index in [2.05, 4.69) is 30.8 Å². The van der Waals surface area contributed by atoms with Crippen LogP contribution in [-0.4, -0.2) is 62.4 Å². The third-order valence-corrected chi connectivity index (χ3v) is 7.20. The van der Waals surface area contributed by atoms with Gasteiger partial charge in [0.15, 0.2) is 0 Å². The first kappa shape index (κ1) is 21.1. The van der Waals surface area contributed by atoms with Gasteiger partial charge in [0.1, 0.15) is 16.7 Å². The van der Waals surface area contributed by atoms with E-state index < -0.39 is 0 Å². The predicted molar refractivity (Wildman–Crippen MR) is 122 cm³/mol. The van der Waals surface area contributed by atoms with Crippen LogP contribution < -0.4 is 10.6 Å². The Labute approximate surface area is 189 Å². The van der Waals surface area contributed by atoms with Crippen LogP contribution in [0.2, 0.25) is 0 Å². The zero-order chi connectivity index (χ0) is 22.1. The number of rotatable bonds is 5. The smallest absolute Gasteiger partial charge is 0.318 e. The summed E-state index contributed by atoms with van der Waals surface area (Å²) in [6, 6.07) is 6.31. The quantitative estimate of drug-likeness (QED) is 0.605. The second-order valence-electron chi connectivity index (χ2n) is 8.48. The maximum Gasteiger partial charge on any atom is 0.324 e. The number of nitrogens with one attached hydrogen (secondary N) is 2. The average molecular weight is 456 g/mol. The van der Waals surface area contributed by atoms with E-state index in [1.54, 1.807) is 6.20 Å². The van der Waals surface area contributed by atoms with Gasteiger partial charge in [0, 0.05) is 41.8 Å². The van der Waals surface area contributed by atoms with Crippen LogP contribution >= 0.6 is 11.3 Å². The molecule has 5 rings (SSSR count). The Bertz CT molecular complexity index is 1110. The number of hydrogen-bond acceptors (Lipinski definition) is 7. The van der Waals surface area contributed by atoms with E-state index in [1.165, 1.54) is 11.3 Å². The number of piperidine rings is 2. The van der Waals surface area contributed by atoms with Crippen LogP contribution in [0.5, 0.6) is 0 Å². The SMILES string of the molecule is Cc1nnc(-c2ccc3cnc(NC(=O)N4[C@@H]5CCC[C@H]4C[C@@H](NCCF)C5)nc3c2)s1. The van der Waals surface area contributed by atoms with Crippen LogP contribution in [0.25, 0.3) is 21.5 Å². The van der Waals surface area contributed by atoms with E-state index in [1.807, 2.05) is 30.0 Å². The summed E-state index contributed by atoms with van der Waals surface area (Å²) >= 11 is 1.53. The van der Waals surface area contributed by atoms with Crippen LogP contribution in [0.3, 0.4) is 0 Å². The maximum atomic E-state index is 13.2. The van der Waals surface area contributed by atoms with E-state index >= 15 is 0 Å². The summed E-state index contributed by atoms with van der Waals surface area (Å²) in [7, 11) is 0. The standard InChI is InChI=1S/C22H26FN7OS/c1-13-28-29-20(32-13)14-5-6-15-12-25-21(26-19(15)9-14)27-22(31)30-17-3-2-4-18(30)11-16(10-17)24-8-7-23/h5-6,9,12,16-18,24H,2-4,7-8,10-11H2,1H3,(H,25,26,27,31)/t16-,17+,18-. The summed E-state index contributed by atoms with van der Waals surface area (Å²) in [6.07, 6.45) is 6.50. The average Bonchev–Trinajstić information content (AvgIpc) is 3.22. The second kappa shape index (κ2) is 9.03. The van der Waals surface area contributed by atoms with Gasteiger partial charge in [-0.05, 0) is 45.1 Å². The fourth-order valence-corrected chi connectivity index (χ4v) is 5.62. The van der Waals surface area contributed by atoms with Gasteiger partial charge in [-0.15, -0.1) is 10.2 Å². The number of hydrogen-bond donors (Lipinski definition) is 2. The van der Waals surface area contributed by atoms with Gasteiger partial charge >= 0.3 is 6.03 Å². The minimum absolute atomic E-state index is 0.154. The molecule has 2 saturated heterocycles. The van der Waals surface area contributed by atoms with Gasteiger partial charge in [-0.3, -0.25) is 5.32 Å². The van der Waals surface area contributed by atoms with E-state index in [0.29, 0.717) is 12.5 Å². The highest BCUT2D eigenvalue weighted by atomic mass is 32.1. The van der Waals surface area contributed by atoms with Crippen molar-refractivity contribution in [2.75, 3.05) is 18.5 Å². The molecule has 2 bridgehead atoms. The van der Waals surface area contributed by atoms with Crippen molar-refractivity contribution in [3.05, 3.63) is 29.4 Å². The van der Waals surface area contributed by atoms with Crippen molar-refractivity contribution in [2.45, 2.75) is 57.2 Å². The van der Waals surface area contributed by atoms with Crippen molar-refractivity contribution in [1.82, 2.24) is 30.4 Å². The van der Waals surface area contributed by atoms with Crippen LogP contribution in [0.15, 0.2) is 24.4 Å². The molecule has 2 aliphatic rings. The van der Waals surface area contributed by atoms with Crippen molar-refractivity contribution in [3.63, 3.8) is 0 Å². The number of halogens is 1. The van der Waals surface area contributed by atoms with Crippen LogP contribution in [0, 0.1) is 6.92 Å². The number of benzene rings is 1. The molecule has 3 atom stereocenters. The number of urea groups is 1. The molecule has 4 heterocycles. The lowest BCUT2D eigenvalue weighted by Gasteiger charge is -2.48. The Morgan fingerprint density at radius 1 is 1.25 bits per heavy atom. The molecule has 0 saturated carbocycles. The topological polar surface area (TPSA) is 95.9 Å². The summed E-state index contributed by atoms with van der Waals surface area (Å²) in [5.74, 6) is 0.295. The molecule has 0 unspecified atom stereocenters. The fraction of sp³-hybridized carbons (Fsp3) is 0.500. The molecule has 0 aliphatic carbocycles. The third-order valence-electron chi connectivity index (χ3n) is 6.31. The first-order chi connectivity index (χ1) is 15.6. The Morgan fingerprint density at radius 2 is 2.06 bits per heavy atom. The molecular formula is C22H26FN7OS. The highest BCUT2D eigenvalue weighted by Gasteiger charge is 2.40. The van der Waals surface area contributed by atoms with Crippen molar-refractivity contribution in [1.29, 1.82) is 0 Å². The first-order valence-electron chi connectivity index (χ1n) is 11.1. The van der Waals surface area contributed by atoms with Crippen molar-refractivity contribution < 1.29 is 9.18 Å². The number of aromatic nitrogens is 4. The lowest BCUT2D eigenvalue weighted by molar-refractivity contribution is 0.0610. The molecular weight excluding hydrogens is 429 g/mol. The molecule has 2 amide bonds. The molecule has 0 radical (unpaired) electrons. The number of nitrogens with zero attached hydrogens (tertiary/aromatic N) is 5. The van der Waals surface area contributed by atoms with E-state index in [4.69, 9.17) is 0 Å². The molecule has 10 heteroatoms. The van der Waals surface area contributed by atoms with Crippen molar-refractivity contribution >= 4 is 34.2 Å². The lowest BCUT2D eigenvalue weighted by Crippen LogP contribution is -2.59. The summed E-state index contributed by atoms with van der Waals surface area (Å²) in [4.78, 5) is 24.1. The minimum Gasteiger partial charge on any atom is -0.318 e. The summed E-state index contributed by atoms with van der Waals surface area (Å²) in [6.45, 7) is 1.93. The molecule has 2 aliphatic heterocycles. The van der Waals surface area contributed by atoms with Crippen LogP contribution in [0.4, 0.5) is 15.1 Å². The molecule has 168 valence electrons. The second-order valence-corrected chi connectivity index (χ2v) is 9.66. The van der Waals surface area contributed by atoms with E-state index in [9.17, 15) is 9.18 Å². The number of fused-ring (bicyclic) bond motifs is 3. The normalized spacial score (nSPS) is 22.8. The molecule has 2 N–H and O–H groups in total. The van der Waals surface area contributed by atoms with Gasteiger partial charge in [0.2, 0.25) is 5.95 Å². The Morgan fingerprint density at radius 3 is 2.78 bits per heavy atom. The molecule has 0 spiro atoms. The molecule has 32 heavy (non-hydrogen) atoms. The van der Waals surface area contributed by atoms with Crippen molar-refractivity contribution in [2.24, 2.45) is 0 Å². The first-order valence-corrected chi connectivity index (χ1v) is 11.9. The monoisotopic (exact) mass is 455 g/mol. The van der Waals surface area contributed by atoms with Gasteiger partial charge in [-0.2, -0.15) is 0 Å². The Hall–Kier alpha value is -2.72. The Kier molecular flexibility index (Phi) is 5.97. The van der Waals surface area contributed by atoms with Gasteiger partial charge in [-0.25, -0.2) is 19.2 Å². The zero-order valence-corrected chi connectivity index (χ0v) is 18.7. The van der Waals surface area contributed by atoms with Crippen LogP contribution in [0.1, 0.15) is 37.1 Å². The molecule has 1 aromatic carbocycles. The largest absolute Gasteiger partial charge is 0.324 e. The number of anilines is 1. The zero-order valence-electron chi connectivity index (χ0n) is 17.9. The number of amides is 2. The van der Waals surface area contributed by atoms with Crippen LogP contribution in [-0.2, 0) is 0 Å². The minimum atomic E-state index is -0.365. The number of carbonyl (C=O) groups is 1. The predicted octanol–water partition coefficient (Wildman–Crippen LogP) is 3.93. The summed E-state index contributed by atoms with van der Waals surface area (Å²) < 4.78 is 12.6. The Balaban J connectivity index is 1.33. The fourth-order valence-electron chi connectivity index (χ4n) is 4.93. The van der Waals surface area contributed by atoms with Gasteiger partial charge in [-0.1, -0.05) is 23.5 Å². The number of carbonyl (C=O) groups excluding carboxylic acids is 1. The van der Waals surface area contributed by atoms with E-state index in [-0.39, 0.29) is 30.8 Å². The summed E-state index contributed by atoms with van der Waals surface area (Å²) in [5.41, 5.74) is 1.69. The molecule has 8 nitrogen and oxygen atoms in total. The lowest BCUT2D eigenvalue weighted by atomic mass is 9.82.